The van der Waals surface area contributed by atoms with Gasteiger partial charge < -0.3 is 4.42 Å². The Morgan fingerprint density at radius 3 is 2.79 bits per heavy atom. The van der Waals surface area contributed by atoms with Crippen LogP contribution in [-0.2, 0) is 4.79 Å². The molecule has 19 heavy (non-hydrogen) atoms. The average molecular weight is 254 g/mol. The van der Waals surface area contributed by atoms with Crippen LogP contribution in [0.2, 0.25) is 0 Å². The molecule has 94 valence electrons. The molecular formula is C14H10N2O3. The molecule has 1 aliphatic heterocycles. The van der Waals surface area contributed by atoms with Crippen LogP contribution in [0.4, 0.5) is 0 Å². The number of fused-ring (bicyclic) bond motifs is 1. The van der Waals surface area contributed by atoms with E-state index in [4.69, 9.17) is 4.42 Å². The summed E-state index contributed by atoms with van der Waals surface area (Å²) in [5.74, 6) is -0.315. The lowest BCUT2D eigenvalue weighted by molar-refractivity contribution is -0.116. The molecule has 0 fully saturated rings. The van der Waals surface area contributed by atoms with Crippen molar-refractivity contribution in [2.24, 2.45) is 5.10 Å². The number of carbonyl (C=O) groups excluding carboxylic acids is 1. The van der Waals surface area contributed by atoms with Crippen LogP contribution in [0.3, 0.4) is 0 Å². The maximum Gasteiger partial charge on any atom is 0.273 e. The van der Waals surface area contributed by atoms with Crippen LogP contribution in [0.1, 0.15) is 12.5 Å². The lowest BCUT2D eigenvalue weighted by Gasteiger charge is -1.99. The van der Waals surface area contributed by atoms with E-state index in [0.717, 1.165) is 0 Å². The molecule has 0 radical (unpaired) electrons. The van der Waals surface area contributed by atoms with Crippen LogP contribution in [0.25, 0.3) is 17.0 Å². The molecule has 1 aromatic carbocycles. The van der Waals surface area contributed by atoms with Crippen molar-refractivity contribution in [3.63, 3.8) is 0 Å². The average Bonchev–Trinajstić information content (AvgIpc) is 2.74. The molecule has 3 rings (SSSR count). The van der Waals surface area contributed by atoms with Gasteiger partial charge in [0.05, 0.1) is 22.2 Å². The van der Waals surface area contributed by atoms with Gasteiger partial charge in [0, 0.05) is 0 Å². The minimum Gasteiger partial charge on any atom is -0.463 e. The number of para-hydroxylation sites is 1. The Hall–Kier alpha value is -2.69. The normalized spacial score (nSPS) is 16.8. The third kappa shape index (κ3) is 1.85. The van der Waals surface area contributed by atoms with Crippen LogP contribution in [0, 0.1) is 0 Å². The molecule has 0 aliphatic carbocycles. The van der Waals surface area contributed by atoms with Gasteiger partial charge in [-0.2, -0.15) is 5.10 Å². The molecule has 0 unspecified atom stereocenters. The van der Waals surface area contributed by atoms with Crippen molar-refractivity contribution < 1.29 is 9.21 Å². The van der Waals surface area contributed by atoms with E-state index in [9.17, 15) is 9.59 Å². The van der Waals surface area contributed by atoms with Gasteiger partial charge in [-0.1, -0.05) is 12.1 Å². The summed E-state index contributed by atoms with van der Waals surface area (Å²) in [7, 11) is 0. The number of hydrogen-bond donors (Lipinski definition) is 1. The van der Waals surface area contributed by atoms with Crippen molar-refractivity contribution in [1.82, 2.24) is 5.43 Å². The number of hydrazone groups is 1. The Morgan fingerprint density at radius 1 is 1.26 bits per heavy atom. The fourth-order valence-corrected chi connectivity index (χ4v) is 1.94. The highest BCUT2D eigenvalue weighted by atomic mass is 16.3. The predicted molar refractivity (Wildman–Crippen MR) is 71.7 cm³/mol. The van der Waals surface area contributed by atoms with Crippen molar-refractivity contribution in [2.75, 3.05) is 0 Å². The van der Waals surface area contributed by atoms with Gasteiger partial charge in [-0.05, 0) is 25.1 Å². The lowest BCUT2D eigenvalue weighted by Crippen LogP contribution is -2.14. The lowest BCUT2D eigenvalue weighted by atomic mass is 10.1. The maximum absolute atomic E-state index is 12.3. The molecule has 1 amide bonds. The van der Waals surface area contributed by atoms with Crippen molar-refractivity contribution in [1.29, 1.82) is 0 Å². The van der Waals surface area contributed by atoms with Gasteiger partial charge in [-0.15, -0.1) is 0 Å². The molecule has 5 nitrogen and oxygen atoms in total. The Labute approximate surface area is 108 Å². The van der Waals surface area contributed by atoms with Crippen molar-refractivity contribution in [3.8, 4) is 0 Å². The summed E-state index contributed by atoms with van der Waals surface area (Å²) in [6.45, 7) is 1.70. The third-order valence-electron chi connectivity index (χ3n) is 2.97. The first-order chi connectivity index (χ1) is 9.16. The zero-order valence-corrected chi connectivity index (χ0v) is 10.1. The van der Waals surface area contributed by atoms with Gasteiger partial charge in [0.1, 0.15) is 11.8 Å². The highest BCUT2D eigenvalue weighted by Crippen LogP contribution is 2.14. The van der Waals surface area contributed by atoms with Crippen molar-refractivity contribution in [2.45, 2.75) is 6.92 Å². The Bertz CT molecular complexity index is 800. The molecule has 0 atom stereocenters. The van der Waals surface area contributed by atoms with E-state index in [0.29, 0.717) is 27.8 Å². The standard InChI is InChI=1S/C14H10N2O3/c1-8-11(14(18)16-15-8)6-9-7-19-12-5-3-2-4-10(12)13(9)17/h2-7H,1H3,(H,16,18). The van der Waals surface area contributed by atoms with E-state index < -0.39 is 0 Å². The minimum absolute atomic E-state index is 0.165. The zero-order chi connectivity index (χ0) is 13.4. The van der Waals surface area contributed by atoms with E-state index in [-0.39, 0.29) is 11.3 Å². The van der Waals surface area contributed by atoms with E-state index in [1.54, 1.807) is 31.2 Å². The molecule has 2 aromatic rings. The minimum atomic E-state index is -0.315. The van der Waals surface area contributed by atoms with Gasteiger partial charge in [0.2, 0.25) is 0 Å². The number of rotatable bonds is 1. The first-order valence-corrected chi connectivity index (χ1v) is 5.74. The van der Waals surface area contributed by atoms with Crippen LogP contribution in [-0.4, -0.2) is 11.6 Å². The van der Waals surface area contributed by atoms with Gasteiger partial charge >= 0.3 is 0 Å². The number of nitrogens with zero attached hydrogens (tertiary/aromatic N) is 1. The summed E-state index contributed by atoms with van der Waals surface area (Å²) in [6, 6.07) is 6.98. The van der Waals surface area contributed by atoms with E-state index in [1.165, 1.54) is 12.3 Å². The van der Waals surface area contributed by atoms with Crippen LogP contribution >= 0.6 is 0 Å². The third-order valence-corrected chi connectivity index (χ3v) is 2.97. The van der Waals surface area contributed by atoms with Crippen molar-refractivity contribution >= 4 is 28.7 Å². The molecule has 0 bridgehead atoms. The molecule has 0 spiro atoms. The molecule has 5 heteroatoms. The van der Waals surface area contributed by atoms with Crippen LogP contribution < -0.4 is 10.9 Å². The first kappa shape index (κ1) is 11.4. The summed E-state index contributed by atoms with van der Waals surface area (Å²) in [6.07, 6.45) is 2.86. The van der Waals surface area contributed by atoms with Gasteiger partial charge in [-0.25, -0.2) is 5.43 Å². The smallest absolute Gasteiger partial charge is 0.273 e. The van der Waals surface area contributed by atoms with Gasteiger partial charge in [0.25, 0.3) is 5.91 Å². The number of amides is 1. The summed E-state index contributed by atoms with van der Waals surface area (Å²) in [5.41, 5.74) is 3.97. The summed E-state index contributed by atoms with van der Waals surface area (Å²) < 4.78 is 5.39. The number of hydrogen-bond acceptors (Lipinski definition) is 4. The first-order valence-electron chi connectivity index (χ1n) is 5.74. The van der Waals surface area contributed by atoms with Gasteiger partial charge in [-0.3, -0.25) is 9.59 Å². The highest BCUT2D eigenvalue weighted by molar-refractivity contribution is 6.26. The Kier molecular flexibility index (Phi) is 2.52. The topological polar surface area (TPSA) is 71.7 Å². The van der Waals surface area contributed by atoms with Crippen LogP contribution in [0.15, 0.2) is 50.4 Å². The number of benzene rings is 1. The summed E-state index contributed by atoms with van der Waals surface area (Å²) in [4.78, 5) is 23.8. The van der Waals surface area contributed by atoms with E-state index in [1.807, 2.05) is 0 Å². The largest absolute Gasteiger partial charge is 0.463 e. The SMILES string of the molecule is CC1=NNC(=O)C1=Cc1coc2ccccc2c1=O. The second kappa shape index (κ2) is 4.20. The van der Waals surface area contributed by atoms with E-state index in [2.05, 4.69) is 10.5 Å². The second-order valence-corrected chi connectivity index (χ2v) is 4.21. The number of carbonyl (C=O) groups is 1. The van der Waals surface area contributed by atoms with E-state index >= 15 is 0 Å². The zero-order valence-electron chi connectivity index (χ0n) is 10.1. The van der Waals surface area contributed by atoms with Crippen molar-refractivity contribution in [3.05, 3.63) is 51.9 Å². The van der Waals surface area contributed by atoms with Gasteiger partial charge in [0.15, 0.2) is 5.43 Å². The molecule has 0 saturated heterocycles. The molecular weight excluding hydrogens is 244 g/mol. The maximum atomic E-state index is 12.3. The fraction of sp³-hybridized carbons (Fsp3) is 0.0714. The molecule has 1 aliphatic rings. The molecule has 2 heterocycles. The Balaban J connectivity index is 2.20. The molecule has 1 aromatic heterocycles. The Morgan fingerprint density at radius 2 is 2.05 bits per heavy atom. The highest BCUT2D eigenvalue weighted by Gasteiger charge is 2.19. The quantitative estimate of drug-likeness (QED) is 0.787. The molecule has 1 N–H and O–H groups in total. The monoisotopic (exact) mass is 254 g/mol. The fourth-order valence-electron chi connectivity index (χ4n) is 1.94. The second-order valence-electron chi connectivity index (χ2n) is 4.21. The molecule has 0 saturated carbocycles. The van der Waals surface area contributed by atoms with Crippen LogP contribution in [0.5, 0.6) is 0 Å². The summed E-state index contributed by atoms with van der Waals surface area (Å²) in [5, 5.41) is 4.29. The number of nitrogens with one attached hydrogen (secondary N) is 1. The predicted octanol–water partition coefficient (Wildman–Crippen LogP) is 1.68. The summed E-state index contributed by atoms with van der Waals surface area (Å²) >= 11 is 0.